The summed E-state index contributed by atoms with van der Waals surface area (Å²) in [4.78, 5) is 11.3. The maximum absolute atomic E-state index is 13.0. The molecule has 6 nitrogen and oxygen atoms in total. The third kappa shape index (κ3) is 3.10. The first-order valence-electron chi connectivity index (χ1n) is 7.16. The largest absolute Gasteiger partial charge is 0.495 e. The summed E-state index contributed by atoms with van der Waals surface area (Å²) in [6, 6.07) is 4.72. The van der Waals surface area contributed by atoms with E-state index < -0.39 is 21.9 Å². The molecular formula is C15H21NO5S. The van der Waals surface area contributed by atoms with E-state index in [0.717, 1.165) is 5.56 Å². The monoisotopic (exact) mass is 327 g/mol. The van der Waals surface area contributed by atoms with Gasteiger partial charge in [-0.3, -0.25) is 4.79 Å². The summed E-state index contributed by atoms with van der Waals surface area (Å²) >= 11 is 0. The number of hydrogen-bond acceptors (Lipinski definition) is 4. The predicted octanol–water partition coefficient (Wildman–Crippen LogP) is 1.88. The summed E-state index contributed by atoms with van der Waals surface area (Å²) in [7, 11) is -2.38. The zero-order chi connectivity index (χ0) is 16.5. The highest BCUT2D eigenvalue weighted by Gasteiger charge is 2.38. The fraction of sp³-hybridized carbons (Fsp3) is 0.533. The van der Waals surface area contributed by atoms with Crippen molar-refractivity contribution in [2.45, 2.75) is 37.6 Å². The Hall–Kier alpha value is -1.60. The van der Waals surface area contributed by atoms with Gasteiger partial charge in [0, 0.05) is 12.6 Å². The molecule has 7 heteroatoms. The van der Waals surface area contributed by atoms with Crippen molar-refractivity contribution in [2.24, 2.45) is 5.92 Å². The van der Waals surface area contributed by atoms with Crippen LogP contribution in [0.3, 0.4) is 0 Å². The van der Waals surface area contributed by atoms with Crippen molar-refractivity contribution in [3.63, 3.8) is 0 Å². The Balaban J connectivity index is 2.44. The number of carboxylic acids is 1. The molecule has 0 radical (unpaired) electrons. The van der Waals surface area contributed by atoms with E-state index in [0.29, 0.717) is 12.8 Å². The normalized spacial score (nSPS) is 23.2. The second-order valence-corrected chi connectivity index (χ2v) is 7.55. The van der Waals surface area contributed by atoms with E-state index in [-0.39, 0.29) is 23.2 Å². The number of nitrogens with zero attached hydrogens (tertiary/aromatic N) is 1. The van der Waals surface area contributed by atoms with Crippen LogP contribution in [0.5, 0.6) is 5.75 Å². The molecule has 1 aromatic carbocycles. The second kappa shape index (κ2) is 6.26. The van der Waals surface area contributed by atoms with Crippen LogP contribution < -0.4 is 4.74 Å². The minimum absolute atomic E-state index is 0.00404. The lowest BCUT2D eigenvalue weighted by atomic mass is 9.96. The van der Waals surface area contributed by atoms with Gasteiger partial charge >= 0.3 is 5.97 Å². The Labute approximate surface area is 130 Å². The Morgan fingerprint density at radius 2 is 2.05 bits per heavy atom. The third-order valence-corrected chi connectivity index (χ3v) is 6.08. The predicted molar refractivity (Wildman–Crippen MR) is 81.4 cm³/mol. The van der Waals surface area contributed by atoms with Crippen LogP contribution in [-0.4, -0.2) is 43.5 Å². The molecule has 0 aliphatic carbocycles. The average molecular weight is 327 g/mol. The molecule has 1 aromatic rings. The molecule has 1 aliphatic heterocycles. The second-order valence-electron chi connectivity index (χ2n) is 5.69. The molecule has 0 bridgehead atoms. The Morgan fingerprint density at radius 1 is 1.36 bits per heavy atom. The first kappa shape index (κ1) is 16.8. The van der Waals surface area contributed by atoms with Crippen LogP contribution in [0.4, 0.5) is 0 Å². The smallest absolute Gasteiger partial charge is 0.307 e. The van der Waals surface area contributed by atoms with E-state index in [2.05, 4.69) is 0 Å². The molecule has 1 fully saturated rings. The third-order valence-electron chi connectivity index (χ3n) is 4.08. The van der Waals surface area contributed by atoms with Gasteiger partial charge < -0.3 is 9.84 Å². The minimum atomic E-state index is -3.80. The molecule has 2 atom stereocenters. The molecule has 1 N–H and O–H groups in total. The molecule has 1 saturated heterocycles. The van der Waals surface area contributed by atoms with Gasteiger partial charge in [-0.15, -0.1) is 0 Å². The number of carboxylic acid groups (broad SMARTS) is 1. The van der Waals surface area contributed by atoms with Crippen molar-refractivity contribution in [3.8, 4) is 5.75 Å². The lowest BCUT2D eigenvalue weighted by Gasteiger charge is -2.35. The van der Waals surface area contributed by atoms with E-state index in [1.54, 1.807) is 32.0 Å². The molecular weight excluding hydrogens is 306 g/mol. The van der Waals surface area contributed by atoms with Crippen molar-refractivity contribution in [3.05, 3.63) is 23.8 Å². The van der Waals surface area contributed by atoms with Gasteiger partial charge in [0.2, 0.25) is 10.0 Å². The van der Waals surface area contributed by atoms with Gasteiger partial charge in [-0.05, 0) is 44.4 Å². The van der Waals surface area contributed by atoms with Crippen molar-refractivity contribution >= 4 is 16.0 Å². The van der Waals surface area contributed by atoms with E-state index in [9.17, 15) is 18.3 Å². The van der Waals surface area contributed by atoms with Crippen LogP contribution in [-0.2, 0) is 14.8 Å². The summed E-state index contributed by atoms with van der Waals surface area (Å²) in [6.07, 6.45) is 1.03. The highest BCUT2D eigenvalue weighted by molar-refractivity contribution is 7.89. The molecule has 1 heterocycles. The van der Waals surface area contributed by atoms with E-state index in [1.165, 1.54) is 11.4 Å². The van der Waals surface area contributed by atoms with Gasteiger partial charge in [-0.1, -0.05) is 6.07 Å². The number of benzene rings is 1. The number of ether oxygens (including phenoxy) is 1. The molecule has 1 aliphatic rings. The van der Waals surface area contributed by atoms with E-state index in [4.69, 9.17) is 4.74 Å². The first-order valence-corrected chi connectivity index (χ1v) is 8.60. The number of rotatable bonds is 4. The fourth-order valence-corrected chi connectivity index (χ4v) is 4.67. The van der Waals surface area contributed by atoms with Crippen LogP contribution in [0.1, 0.15) is 25.3 Å². The minimum Gasteiger partial charge on any atom is -0.495 e. The molecule has 2 rings (SSSR count). The summed E-state index contributed by atoms with van der Waals surface area (Å²) in [5, 5.41) is 9.18. The summed E-state index contributed by atoms with van der Waals surface area (Å²) in [5.41, 5.74) is 0.804. The SMILES string of the molecule is COc1ccc(C)cc1S(=O)(=O)N1CC(C(=O)O)CCC1C. The zero-order valence-electron chi connectivity index (χ0n) is 12.9. The van der Waals surface area contributed by atoms with Crippen molar-refractivity contribution in [1.82, 2.24) is 4.31 Å². The van der Waals surface area contributed by atoms with Crippen molar-refractivity contribution in [1.29, 1.82) is 0 Å². The Bertz CT molecular complexity index is 671. The molecule has 0 aromatic heterocycles. The highest BCUT2D eigenvalue weighted by atomic mass is 32.2. The van der Waals surface area contributed by atoms with Crippen LogP contribution in [0.2, 0.25) is 0 Å². The standard InChI is InChI=1S/C15H21NO5S/c1-10-4-7-13(21-3)14(8-10)22(19,20)16-9-12(15(17)18)6-5-11(16)2/h4,7-8,11-12H,5-6,9H2,1-3H3,(H,17,18). The molecule has 2 unspecified atom stereocenters. The number of carbonyl (C=O) groups is 1. The number of hydrogen-bond donors (Lipinski definition) is 1. The average Bonchev–Trinajstić information content (AvgIpc) is 2.47. The number of piperidine rings is 1. The van der Waals surface area contributed by atoms with Crippen LogP contribution >= 0.6 is 0 Å². The molecule has 0 spiro atoms. The molecule has 0 saturated carbocycles. The molecule has 22 heavy (non-hydrogen) atoms. The van der Waals surface area contributed by atoms with Crippen LogP contribution in [0.25, 0.3) is 0 Å². The van der Waals surface area contributed by atoms with Gasteiger partial charge in [0.15, 0.2) is 0 Å². The lowest BCUT2D eigenvalue weighted by molar-refractivity contribution is -0.143. The van der Waals surface area contributed by atoms with Gasteiger partial charge in [-0.2, -0.15) is 4.31 Å². The maximum atomic E-state index is 13.0. The molecule has 122 valence electrons. The van der Waals surface area contributed by atoms with Crippen molar-refractivity contribution < 1.29 is 23.1 Å². The Kier molecular flexibility index (Phi) is 4.77. The first-order chi connectivity index (χ1) is 10.3. The van der Waals surface area contributed by atoms with Gasteiger partial charge in [0.05, 0.1) is 13.0 Å². The maximum Gasteiger partial charge on any atom is 0.307 e. The number of aryl methyl sites for hydroxylation is 1. The van der Waals surface area contributed by atoms with Gasteiger partial charge in [0.1, 0.15) is 10.6 Å². The summed E-state index contributed by atoms with van der Waals surface area (Å²) < 4.78 is 32.4. The van der Waals surface area contributed by atoms with Crippen molar-refractivity contribution in [2.75, 3.05) is 13.7 Å². The van der Waals surface area contributed by atoms with Crippen LogP contribution in [0, 0.1) is 12.8 Å². The van der Waals surface area contributed by atoms with Gasteiger partial charge in [0.25, 0.3) is 0 Å². The van der Waals surface area contributed by atoms with Crippen LogP contribution in [0.15, 0.2) is 23.1 Å². The van der Waals surface area contributed by atoms with E-state index in [1.807, 2.05) is 0 Å². The highest BCUT2D eigenvalue weighted by Crippen LogP contribution is 2.33. The number of aliphatic carboxylic acids is 1. The van der Waals surface area contributed by atoms with E-state index >= 15 is 0 Å². The fourth-order valence-electron chi connectivity index (χ4n) is 2.72. The topological polar surface area (TPSA) is 83.9 Å². The number of methoxy groups -OCH3 is 1. The quantitative estimate of drug-likeness (QED) is 0.913. The van der Waals surface area contributed by atoms with Gasteiger partial charge in [-0.25, -0.2) is 8.42 Å². The number of sulfonamides is 1. The summed E-state index contributed by atoms with van der Waals surface area (Å²) in [5.74, 6) is -1.35. The molecule has 0 amide bonds. The zero-order valence-corrected chi connectivity index (χ0v) is 13.8. The lowest BCUT2D eigenvalue weighted by Crippen LogP contribution is -2.47. The Morgan fingerprint density at radius 3 is 2.64 bits per heavy atom. The summed E-state index contributed by atoms with van der Waals surface area (Å²) in [6.45, 7) is 3.60.